The molecule has 1 fully saturated rings. The van der Waals surface area contributed by atoms with E-state index in [4.69, 9.17) is 4.74 Å². The zero-order valence-electron chi connectivity index (χ0n) is 13.9. The molecule has 24 heavy (non-hydrogen) atoms. The third-order valence-corrected chi connectivity index (χ3v) is 4.43. The van der Waals surface area contributed by atoms with Crippen molar-refractivity contribution in [2.24, 2.45) is 0 Å². The van der Waals surface area contributed by atoms with Gasteiger partial charge in [-0.2, -0.15) is 11.8 Å². The van der Waals surface area contributed by atoms with Crippen molar-refractivity contribution in [3.8, 4) is 5.75 Å². The molecule has 0 bridgehead atoms. The molecular formula is C17H25N3O3S. The van der Waals surface area contributed by atoms with Crippen molar-refractivity contribution in [3.05, 3.63) is 30.3 Å². The Labute approximate surface area is 147 Å². The van der Waals surface area contributed by atoms with Gasteiger partial charge in [-0.1, -0.05) is 18.2 Å². The Morgan fingerprint density at radius 3 is 2.83 bits per heavy atom. The Bertz CT molecular complexity index is 521. The number of hydrogen-bond acceptors (Lipinski definition) is 5. The van der Waals surface area contributed by atoms with Crippen LogP contribution < -0.4 is 20.7 Å². The van der Waals surface area contributed by atoms with Gasteiger partial charge in [-0.3, -0.25) is 9.59 Å². The normalized spacial score (nSPS) is 18.0. The van der Waals surface area contributed by atoms with Crippen LogP contribution in [0.5, 0.6) is 5.75 Å². The smallest absolute Gasteiger partial charge is 0.258 e. The molecule has 1 aromatic rings. The molecule has 1 saturated heterocycles. The fourth-order valence-corrected chi connectivity index (χ4v) is 2.96. The van der Waals surface area contributed by atoms with Crippen LogP contribution in [0.1, 0.15) is 12.8 Å². The number of thioether (sulfide) groups is 1. The van der Waals surface area contributed by atoms with Crippen LogP contribution in [0.25, 0.3) is 0 Å². The molecule has 0 aromatic heterocycles. The van der Waals surface area contributed by atoms with Crippen LogP contribution in [0.2, 0.25) is 0 Å². The van der Waals surface area contributed by atoms with Gasteiger partial charge in [-0.25, -0.2) is 0 Å². The van der Waals surface area contributed by atoms with E-state index in [2.05, 4.69) is 16.0 Å². The Kier molecular flexibility index (Phi) is 7.91. The van der Waals surface area contributed by atoms with Crippen molar-refractivity contribution < 1.29 is 14.3 Å². The van der Waals surface area contributed by atoms with Gasteiger partial charge in [0.15, 0.2) is 6.61 Å². The van der Waals surface area contributed by atoms with Gasteiger partial charge in [0.2, 0.25) is 5.91 Å². The monoisotopic (exact) mass is 351 g/mol. The van der Waals surface area contributed by atoms with Crippen LogP contribution in [-0.4, -0.2) is 55.6 Å². The lowest BCUT2D eigenvalue weighted by atomic mass is 10.1. The Balaban J connectivity index is 1.82. The lowest BCUT2D eigenvalue weighted by Crippen LogP contribution is -2.51. The average Bonchev–Trinajstić information content (AvgIpc) is 3.10. The summed E-state index contributed by atoms with van der Waals surface area (Å²) in [5, 5.41) is 9.00. The number of rotatable bonds is 9. The van der Waals surface area contributed by atoms with Crippen molar-refractivity contribution in [2.75, 3.05) is 31.7 Å². The van der Waals surface area contributed by atoms with Gasteiger partial charge >= 0.3 is 0 Å². The first-order chi connectivity index (χ1) is 11.7. The first-order valence-corrected chi connectivity index (χ1v) is 9.55. The molecule has 132 valence electrons. The molecule has 6 nitrogen and oxygen atoms in total. The van der Waals surface area contributed by atoms with Gasteiger partial charge in [-0.05, 0) is 43.5 Å². The Hall–Kier alpha value is -1.73. The lowest BCUT2D eigenvalue weighted by Gasteiger charge is -2.20. The maximum atomic E-state index is 12.4. The lowest BCUT2D eigenvalue weighted by molar-refractivity contribution is -0.130. The topological polar surface area (TPSA) is 79.5 Å². The van der Waals surface area contributed by atoms with Crippen LogP contribution in [0.3, 0.4) is 0 Å². The second-order valence-corrected chi connectivity index (χ2v) is 6.69. The SMILES string of the molecule is CSCCC(NC(=O)COc1ccccc1)C(=O)NC1CCNC1. The fraction of sp³-hybridized carbons (Fsp3) is 0.529. The van der Waals surface area contributed by atoms with Gasteiger partial charge in [-0.15, -0.1) is 0 Å². The maximum Gasteiger partial charge on any atom is 0.258 e. The second-order valence-electron chi connectivity index (χ2n) is 5.70. The first-order valence-electron chi connectivity index (χ1n) is 8.16. The summed E-state index contributed by atoms with van der Waals surface area (Å²) in [7, 11) is 0. The van der Waals surface area contributed by atoms with Crippen molar-refractivity contribution in [3.63, 3.8) is 0 Å². The molecule has 1 aromatic carbocycles. The third-order valence-electron chi connectivity index (χ3n) is 3.78. The molecule has 1 heterocycles. The minimum atomic E-state index is -0.523. The van der Waals surface area contributed by atoms with Crippen LogP contribution >= 0.6 is 11.8 Å². The van der Waals surface area contributed by atoms with E-state index in [0.29, 0.717) is 12.2 Å². The number of benzene rings is 1. The summed E-state index contributed by atoms with van der Waals surface area (Å²) in [4.78, 5) is 24.5. The molecule has 0 spiro atoms. The number of ether oxygens (including phenoxy) is 1. The summed E-state index contributed by atoms with van der Waals surface area (Å²) < 4.78 is 5.43. The number of carbonyl (C=O) groups excluding carboxylic acids is 2. The van der Waals surface area contributed by atoms with Gasteiger partial charge < -0.3 is 20.7 Å². The number of hydrogen-bond donors (Lipinski definition) is 3. The zero-order chi connectivity index (χ0) is 17.2. The van der Waals surface area contributed by atoms with E-state index in [-0.39, 0.29) is 24.5 Å². The highest BCUT2D eigenvalue weighted by Crippen LogP contribution is 2.08. The summed E-state index contributed by atoms with van der Waals surface area (Å²) in [5.41, 5.74) is 0. The van der Waals surface area contributed by atoms with E-state index >= 15 is 0 Å². The number of para-hydroxylation sites is 1. The molecule has 0 aliphatic carbocycles. The van der Waals surface area contributed by atoms with E-state index in [0.717, 1.165) is 25.3 Å². The van der Waals surface area contributed by atoms with Crippen LogP contribution in [0.4, 0.5) is 0 Å². The standard InChI is InChI=1S/C17H25N3O3S/c1-24-10-8-15(17(22)19-13-7-9-18-11-13)20-16(21)12-23-14-5-3-2-4-6-14/h2-6,13,15,18H,7-12H2,1H3,(H,19,22)(H,20,21). The molecule has 7 heteroatoms. The Morgan fingerprint density at radius 2 is 2.17 bits per heavy atom. The third kappa shape index (κ3) is 6.41. The highest BCUT2D eigenvalue weighted by molar-refractivity contribution is 7.98. The van der Waals surface area contributed by atoms with Gasteiger partial charge in [0.05, 0.1) is 0 Å². The van der Waals surface area contributed by atoms with E-state index < -0.39 is 6.04 Å². The minimum absolute atomic E-state index is 0.0992. The van der Waals surface area contributed by atoms with Crippen LogP contribution in [-0.2, 0) is 9.59 Å². The quantitative estimate of drug-likeness (QED) is 0.613. The van der Waals surface area contributed by atoms with Crippen LogP contribution in [0.15, 0.2) is 30.3 Å². The molecule has 1 aliphatic rings. The molecule has 0 radical (unpaired) electrons. The van der Waals surface area contributed by atoms with Crippen molar-refractivity contribution in [1.29, 1.82) is 0 Å². The highest BCUT2D eigenvalue weighted by Gasteiger charge is 2.24. The molecule has 0 saturated carbocycles. The fourth-order valence-electron chi connectivity index (χ4n) is 2.49. The number of carbonyl (C=O) groups is 2. The predicted molar refractivity (Wildman–Crippen MR) is 96.3 cm³/mol. The highest BCUT2D eigenvalue weighted by atomic mass is 32.2. The van der Waals surface area contributed by atoms with E-state index in [1.165, 1.54) is 0 Å². The Morgan fingerprint density at radius 1 is 1.38 bits per heavy atom. The van der Waals surface area contributed by atoms with Crippen molar-refractivity contribution >= 4 is 23.6 Å². The van der Waals surface area contributed by atoms with Crippen molar-refractivity contribution in [1.82, 2.24) is 16.0 Å². The minimum Gasteiger partial charge on any atom is -0.484 e. The summed E-state index contributed by atoms with van der Waals surface area (Å²) >= 11 is 1.65. The molecule has 3 N–H and O–H groups in total. The molecule has 1 aliphatic heterocycles. The van der Waals surface area contributed by atoms with Crippen molar-refractivity contribution in [2.45, 2.75) is 24.9 Å². The first kappa shape index (κ1) is 18.6. The largest absolute Gasteiger partial charge is 0.484 e. The van der Waals surface area contributed by atoms with E-state index in [9.17, 15) is 9.59 Å². The predicted octanol–water partition coefficient (Wildman–Crippen LogP) is 0.781. The molecular weight excluding hydrogens is 326 g/mol. The number of nitrogens with one attached hydrogen (secondary N) is 3. The van der Waals surface area contributed by atoms with E-state index in [1.807, 2.05) is 24.5 Å². The van der Waals surface area contributed by atoms with E-state index in [1.54, 1.807) is 23.9 Å². The second kappa shape index (κ2) is 10.2. The summed E-state index contributed by atoms with van der Waals surface area (Å²) in [6, 6.07) is 8.77. The number of amides is 2. The maximum absolute atomic E-state index is 12.4. The average molecular weight is 351 g/mol. The molecule has 2 amide bonds. The van der Waals surface area contributed by atoms with Gasteiger partial charge in [0.1, 0.15) is 11.8 Å². The summed E-state index contributed by atoms with van der Waals surface area (Å²) in [5.74, 6) is 1.03. The van der Waals surface area contributed by atoms with Gasteiger partial charge in [0, 0.05) is 12.6 Å². The van der Waals surface area contributed by atoms with Crippen LogP contribution in [0, 0.1) is 0 Å². The molecule has 2 atom stereocenters. The van der Waals surface area contributed by atoms with Gasteiger partial charge in [0.25, 0.3) is 5.91 Å². The molecule has 2 unspecified atom stereocenters. The summed E-state index contributed by atoms with van der Waals surface area (Å²) in [6.07, 6.45) is 3.51. The zero-order valence-corrected chi connectivity index (χ0v) is 14.7. The molecule has 2 rings (SSSR count). The summed E-state index contributed by atoms with van der Waals surface area (Å²) in [6.45, 7) is 1.60.